The van der Waals surface area contributed by atoms with Gasteiger partial charge < -0.3 is 9.53 Å². The molecular formula is C21H38O3Si. The van der Waals surface area contributed by atoms with Gasteiger partial charge in [0.15, 0.2) is 14.1 Å². The lowest BCUT2D eigenvalue weighted by Gasteiger charge is -2.40. The van der Waals surface area contributed by atoms with E-state index in [9.17, 15) is 9.90 Å². The van der Waals surface area contributed by atoms with E-state index in [1.54, 1.807) is 0 Å². The van der Waals surface area contributed by atoms with Crippen molar-refractivity contribution < 1.29 is 14.3 Å². The standard InChI is InChI=1S/C21H38O3Si/c1-15-17(12-13-18(22)16-10-8-7-9-11-16)20(14-19(15)23)24-25(5,6)21(2,3)4/h16-18,20,22H,1,7-14H2,2-6H3/t17-,18-,20-/m1/s1. The summed E-state index contributed by atoms with van der Waals surface area (Å²) in [6.07, 6.45) is 7.86. The van der Waals surface area contributed by atoms with Crippen LogP contribution in [0.3, 0.4) is 0 Å². The Bertz CT molecular complexity index is 486. The fraction of sp³-hybridized carbons (Fsp3) is 0.857. The first kappa shape index (κ1) is 20.9. The molecule has 4 heteroatoms. The van der Waals surface area contributed by atoms with Gasteiger partial charge in [0.25, 0.3) is 0 Å². The summed E-state index contributed by atoms with van der Waals surface area (Å²) in [6.45, 7) is 15.2. The highest BCUT2D eigenvalue weighted by Crippen LogP contribution is 2.42. The quantitative estimate of drug-likeness (QED) is 0.516. The Morgan fingerprint density at radius 1 is 1.24 bits per heavy atom. The molecule has 0 aromatic rings. The number of carbonyl (C=O) groups is 1. The lowest BCUT2D eigenvalue weighted by Crippen LogP contribution is -2.45. The van der Waals surface area contributed by atoms with Crippen molar-refractivity contribution in [1.82, 2.24) is 0 Å². The van der Waals surface area contributed by atoms with Crippen LogP contribution in [0.15, 0.2) is 12.2 Å². The summed E-state index contributed by atoms with van der Waals surface area (Å²) in [6, 6.07) is 0. The molecule has 0 unspecified atom stereocenters. The molecule has 1 N–H and O–H groups in total. The van der Waals surface area contributed by atoms with Crippen LogP contribution in [0.4, 0.5) is 0 Å². The van der Waals surface area contributed by atoms with Gasteiger partial charge in [-0.25, -0.2) is 0 Å². The van der Waals surface area contributed by atoms with Gasteiger partial charge in [-0.2, -0.15) is 0 Å². The molecule has 0 heterocycles. The van der Waals surface area contributed by atoms with Crippen LogP contribution in [0.1, 0.15) is 72.1 Å². The van der Waals surface area contributed by atoms with Crippen LogP contribution in [-0.2, 0) is 9.22 Å². The van der Waals surface area contributed by atoms with Crippen LogP contribution in [-0.4, -0.2) is 31.4 Å². The zero-order chi connectivity index (χ0) is 18.8. The summed E-state index contributed by atoms with van der Waals surface area (Å²) in [7, 11) is -1.92. The number of hydrogen-bond donors (Lipinski definition) is 1. The zero-order valence-corrected chi connectivity index (χ0v) is 17.9. The fourth-order valence-corrected chi connectivity index (χ4v) is 5.39. The maximum atomic E-state index is 12.3. The summed E-state index contributed by atoms with van der Waals surface area (Å²) in [4.78, 5) is 12.3. The summed E-state index contributed by atoms with van der Waals surface area (Å²) >= 11 is 0. The maximum absolute atomic E-state index is 12.3. The number of hydrogen-bond acceptors (Lipinski definition) is 3. The topological polar surface area (TPSA) is 46.5 Å². The first-order valence-corrected chi connectivity index (χ1v) is 13.0. The molecule has 144 valence electrons. The first-order chi connectivity index (χ1) is 11.5. The smallest absolute Gasteiger partial charge is 0.192 e. The Balaban J connectivity index is 1.98. The SMILES string of the molecule is C=C1C(=O)C[C@@H](O[Si](C)(C)C(C)(C)C)[C@@H]1CC[C@@H](O)C1CCCCC1. The highest BCUT2D eigenvalue weighted by molar-refractivity contribution is 6.74. The van der Waals surface area contributed by atoms with E-state index in [1.165, 1.54) is 19.3 Å². The number of rotatable bonds is 6. The average Bonchev–Trinajstić information content (AvgIpc) is 2.78. The molecule has 2 fully saturated rings. The second-order valence-electron chi connectivity index (χ2n) is 9.72. The molecule has 0 aromatic heterocycles. The number of aliphatic hydroxyl groups excluding tert-OH is 1. The van der Waals surface area contributed by atoms with Crippen molar-refractivity contribution in [3.8, 4) is 0 Å². The number of Topliss-reactive ketones (excluding diaryl/α,β-unsaturated/α-hetero) is 1. The normalized spacial score (nSPS) is 27.8. The van der Waals surface area contributed by atoms with Gasteiger partial charge in [-0.3, -0.25) is 4.79 Å². The maximum Gasteiger partial charge on any atom is 0.192 e. The second-order valence-corrected chi connectivity index (χ2v) is 14.5. The van der Waals surface area contributed by atoms with Crippen molar-refractivity contribution in [3.63, 3.8) is 0 Å². The summed E-state index contributed by atoms with van der Waals surface area (Å²) in [5.74, 6) is 0.680. The molecule has 2 aliphatic carbocycles. The van der Waals surface area contributed by atoms with Gasteiger partial charge >= 0.3 is 0 Å². The molecule has 2 aliphatic rings. The minimum Gasteiger partial charge on any atom is -0.413 e. The molecular weight excluding hydrogens is 328 g/mol. The molecule has 0 aliphatic heterocycles. The van der Waals surface area contributed by atoms with Crippen LogP contribution < -0.4 is 0 Å². The van der Waals surface area contributed by atoms with E-state index in [-0.39, 0.29) is 28.9 Å². The van der Waals surface area contributed by atoms with Gasteiger partial charge in [0, 0.05) is 12.3 Å². The molecule has 3 atom stereocenters. The number of carbonyl (C=O) groups excluding carboxylic acids is 1. The average molecular weight is 367 g/mol. The molecule has 0 amide bonds. The van der Waals surface area contributed by atoms with Crippen LogP contribution in [0.5, 0.6) is 0 Å². The third-order valence-corrected chi connectivity index (χ3v) is 11.4. The van der Waals surface area contributed by atoms with Crippen molar-refractivity contribution in [2.24, 2.45) is 11.8 Å². The Morgan fingerprint density at radius 3 is 2.40 bits per heavy atom. The van der Waals surface area contributed by atoms with E-state index in [1.807, 2.05) is 0 Å². The molecule has 0 spiro atoms. The van der Waals surface area contributed by atoms with E-state index in [2.05, 4.69) is 40.4 Å². The molecule has 3 nitrogen and oxygen atoms in total. The molecule has 0 saturated heterocycles. The molecule has 2 saturated carbocycles. The minimum atomic E-state index is -1.92. The van der Waals surface area contributed by atoms with E-state index in [0.29, 0.717) is 12.3 Å². The van der Waals surface area contributed by atoms with E-state index < -0.39 is 8.32 Å². The summed E-state index contributed by atoms with van der Waals surface area (Å²) in [5, 5.41) is 10.7. The van der Waals surface area contributed by atoms with Gasteiger partial charge in [0.2, 0.25) is 0 Å². The third-order valence-electron chi connectivity index (χ3n) is 6.86. The van der Waals surface area contributed by atoms with Gasteiger partial charge in [0.05, 0.1) is 12.2 Å². The third kappa shape index (κ3) is 5.05. The van der Waals surface area contributed by atoms with Gasteiger partial charge in [-0.05, 0) is 55.3 Å². The summed E-state index contributed by atoms with van der Waals surface area (Å²) in [5.41, 5.74) is 0.722. The Morgan fingerprint density at radius 2 is 1.84 bits per heavy atom. The first-order valence-electron chi connectivity index (χ1n) is 10.1. The highest BCUT2D eigenvalue weighted by atomic mass is 28.4. The zero-order valence-electron chi connectivity index (χ0n) is 16.9. The lowest BCUT2D eigenvalue weighted by atomic mass is 9.82. The van der Waals surface area contributed by atoms with Gasteiger partial charge in [-0.1, -0.05) is 46.6 Å². The number of ketones is 1. The molecule has 25 heavy (non-hydrogen) atoms. The predicted molar refractivity (Wildman–Crippen MR) is 106 cm³/mol. The van der Waals surface area contributed by atoms with Crippen LogP contribution in [0, 0.1) is 11.8 Å². The van der Waals surface area contributed by atoms with Crippen LogP contribution >= 0.6 is 0 Å². The summed E-state index contributed by atoms with van der Waals surface area (Å²) < 4.78 is 6.57. The van der Waals surface area contributed by atoms with E-state index in [4.69, 9.17) is 4.43 Å². The molecule has 0 aromatic carbocycles. The Kier molecular flexibility index (Phi) is 6.72. The van der Waals surface area contributed by atoms with Crippen molar-refractivity contribution in [2.45, 2.75) is 102 Å². The molecule has 0 radical (unpaired) electrons. The van der Waals surface area contributed by atoms with Crippen molar-refractivity contribution in [1.29, 1.82) is 0 Å². The van der Waals surface area contributed by atoms with Crippen molar-refractivity contribution >= 4 is 14.1 Å². The van der Waals surface area contributed by atoms with Crippen LogP contribution in [0.25, 0.3) is 0 Å². The van der Waals surface area contributed by atoms with Gasteiger partial charge in [-0.15, -0.1) is 0 Å². The largest absolute Gasteiger partial charge is 0.413 e. The predicted octanol–water partition coefficient (Wildman–Crippen LogP) is 5.24. The fourth-order valence-electron chi connectivity index (χ4n) is 4.03. The Hall–Kier alpha value is -0.453. The minimum absolute atomic E-state index is 0.0422. The van der Waals surface area contributed by atoms with E-state index in [0.717, 1.165) is 31.3 Å². The lowest BCUT2D eigenvalue weighted by molar-refractivity contribution is -0.115. The monoisotopic (exact) mass is 366 g/mol. The second kappa shape index (κ2) is 8.06. The van der Waals surface area contributed by atoms with E-state index >= 15 is 0 Å². The van der Waals surface area contributed by atoms with Crippen LogP contribution in [0.2, 0.25) is 18.1 Å². The number of aliphatic hydroxyl groups is 1. The molecule has 0 bridgehead atoms. The Labute approximate surface area is 155 Å². The molecule has 2 rings (SSSR count). The van der Waals surface area contributed by atoms with Crippen molar-refractivity contribution in [2.75, 3.05) is 0 Å². The highest BCUT2D eigenvalue weighted by Gasteiger charge is 2.45. The van der Waals surface area contributed by atoms with Gasteiger partial charge in [0.1, 0.15) is 0 Å². The van der Waals surface area contributed by atoms with Crippen molar-refractivity contribution in [3.05, 3.63) is 12.2 Å².